The average Bonchev–Trinajstić information content (AvgIpc) is 3.42. The number of hydrogen-bond donors (Lipinski definition) is 1. The first kappa shape index (κ1) is 29.4. The van der Waals surface area contributed by atoms with Gasteiger partial charge < -0.3 is 20.1 Å². The molecule has 1 aliphatic rings. The number of anilines is 2. The molecule has 226 valence electrons. The molecule has 45 heavy (non-hydrogen) atoms. The lowest BCUT2D eigenvalue weighted by atomic mass is 10.0. The smallest absolute Gasteiger partial charge is 0.340 e. The van der Waals surface area contributed by atoms with Crippen molar-refractivity contribution in [3.63, 3.8) is 0 Å². The number of nitrogens with two attached hydrogens (primary N) is 1. The van der Waals surface area contributed by atoms with Crippen molar-refractivity contribution in [1.29, 1.82) is 5.26 Å². The first-order chi connectivity index (χ1) is 21.9. The van der Waals surface area contributed by atoms with Gasteiger partial charge in [-0.2, -0.15) is 10.4 Å². The maximum Gasteiger partial charge on any atom is 0.340 e. The lowest BCUT2D eigenvalue weighted by Gasteiger charge is -2.35. The van der Waals surface area contributed by atoms with E-state index in [1.807, 2.05) is 48.5 Å². The van der Waals surface area contributed by atoms with E-state index in [1.54, 1.807) is 35.0 Å². The molecular weight excluding hydrogens is 576 g/mol. The van der Waals surface area contributed by atoms with Crippen molar-refractivity contribution in [2.24, 2.45) is 0 Å². The second-order valence-corrected chi connectivity index (χ2v) is 10.7. The third-order valence-electron chi connectivity index (χ3n) is 7.73. The standard InChI is InChI=1S/C35H29F2N5O3/c36-25-14-17-30(37)32(19-25)45-27-15-12-24(13-16-27)33-29(20-38)34(39)42(40-33)26-9-6-18-41(21-26)31-11-5-4-10-28(31)35(43)44-22-23-7-2-1-3-8-23/h1-5,7-8,10-17,19,26H,6,9,18,21-22,39H2. The van der Waals surface area contributed by atoms with Crippen LogP contribution in [0.25, 0.3) is 11.3 Å². The molecule has 0 radical (unpaired) electrons. The van der Waals surface area contributed by atoms with Crippen LogP contribution in [0.4, 0.5) is 20.3 Å². The van der Waals surface area contributed by atoms with Gasteiger partial charge in [0.2, 0.25) is 0 Å². The maximum atomic E-state index is 14.0. The quantitative estimate of drug-likeness (QED) is 0.185. The largest absolute Gasteiger partial charge is 0.457 e. The third-order valence-corrected chi connectivity index (χ3v) is 7.73. The topological polar surface area (TPSA) is 106 Å². The Kier molecular flexibility index (Phi) is 8.42. The van der Waals surface area contributed by atoms with Crippen LogP contribution < -0.4 is 15.4 Å². The van der Waals surface area contributed by atoms with Crippen LogP contribution in [0.2, 0.25) is 0 Å². The molecule has 1 aromatic heterocycles. The monoisotopic (exact) mass is 605 g/mol. The minimum atomic E-state index is -0.688. The van der Waals surface area contributed by atoms with Crippen LogP contribution in [-0.4, -0.2) is 28.8 Å². The van der Waals surface area contributed by atoms with E-state index in [0.717, 1.165) is 48.8 Å². The summed E-state index contributed by atoms with van der Waals surface area (Å²) < 4.78 is 40.4. The van der Waals surface area contributed by atoms with Gasteiger partial charge in [-0.25, -0.2) is 18.3 Å². The van der Waals surface area contributed by atoms with Crippen molar-refractivity contribution in [2.45, 2.75) is 25.5 Å². The van der Waals surface area contributed by atoms with E-state index in [2.05, 4.69) is 11.0 Å². The van der Waals surface area contributed by atoms with E-state index in [9.17, 15) is 18.8 Å². The van der Waals surface area contributed by atoms with Gasteiger partial charge in [0.1, 0.15) is 41.3 Å². The molecule has 1 unspecified atom stereocenters. The number of para-hydroxylation sites is 1. The third kappa shape index (κ3) is 6.33. The molecule has 0 saturated carbocycles. The van der Waals surface area contributed by atoms with Crippen molar-refractivity contribution in [1.82, 2.24) is 9.78 Å². The summed E-state index contributed by atoms with van der Waals surface area (Å²) in [5, 5.41) is 14.8. The molecule has 1 atom stereocenters. The summed E-state index contributed by atoms with van der Waals surface area (Å²) in [6.45, 7) is 1.42. The van der Waals surface area contributed by atoms with Crippen LogP contribution in [0.3, 0.4) is 0 Å². The summed E-state index contributed by atoms with van der Waals surface area (Å²) in [6, 6.07) is 28.4. The first-order valence-electron chi connectivity index (χ1n) is 14.5. The second-order valence-electron chi connectivity index (χ2n) is 10.7. The van der Waals surface area contributed by atoms with Crippen LogP contribution >= 0.6 is 0 Å². The number of nitrogen functional groups attached to an aromatic ring is 1. The minimum Gasteiger partial charge on any atom is -0.457 e. The van der Waals surface area contributed by atoms with Gasteiger partial charge in [0.25, 0.3) is 0 Å². The predicted molar refractivity (Wildman–Crippen MR) is 166 cm³/mol. The molecule has 5 aromatic rings. The minimum absolute atomic E-state index is 0.161. The number of piperidine rings is 1. The zero-order chi connectivity index (χ0) is 31.3. The Bertz CT molecular complexity index is 1870. The van der Waals surface area contributed by atoms with Crippen LogP contribution in [0.15, 0.2) is 97.1 Å². The summed E-state index contributed by atoms with van der Waals surface area (Å²) in [5.74, 6) is -1.41. The fourth-order valence-electron chi connectivity index (χ4n) is 5.50. The molecule has 0 spiro atoms. The Labute approximate surface area is 258 Å². The van der Waals surface area contributed by atoms with Crippen molar-refractivity contribution < 1.29 is 23.0 Å². The molecule has 8 nitrogen and oxygen atoms in total. The summed E-state index contributed by atoms with van der Waals surface area (Å²) in [6.07, 6.45) is 1.59. The molecule has 1 aliphatic heterocycles. The van der Waals surface area contributed by atoms with Gasteiger partial charge in [0.15, 0.2) is 11.6 Å². The van der Waals surface area contributed by atoms with Crippen LogP contribution in [0, 0.1) is 23.0 Å². The molecule has 2 N–H and O–H groups in total. The van der Waals surface area contributed by atoms with Crippen LogP contribution in [-0.2, 0) is 11.3 Å². The molecule has 1 fully saturated rings. The fraction of sp³-hybridized carbons (Fsp3) is 0.171. The fourth-order valence-corrected chi connectivity index (χ4v) is 5.50. The highest BCUT2D eigenvalue weighted by Crippen LogP contribution is 2.35. The zero-order valence-electron chi connectivity index (χ0n) is 24.2. The molecule has 6 rings (SSSR count). The average molecular weight is 606 g/mol. The number of nitriles is 1. The van der Waals surface area contributed by atoms with Crippen molar-refractivity contribution >= 4 is 17.5 Å². The lowest BCUT2D eigenvalue weighted by Crippen LogP contribution is -2.38. The van der Waals surface area contributed by atoms with Gasteiger partial charge in [0, 0.05) is 24.7 Å². The number of hydrogen-bond acceptors (Lipinski definition) is 7. The summed E-state index contributed by atoms with van der Waals surface area (Å²) >= 11 is 0. The summed E-state index contributed by atoms with van der Waals surface area (Å²) in [4.78, 5) is 15.2. The van der Waals surface area contributed by atoms with Crippen molar-refractivity contribution in [3.8, 4) is 28.8 Å². The summed E-state index contributed by atoms with van der Waals surface area (Å²) in [7, 11) is 0. The highest BCUT2D eigenvalue weighted by molar-refractivity contribution is 5.96. The number of nitrogens with zero attached hydrogens (tertiary/aromatic N) is 4. The molecule has 0 aliphatic carbocycles. The number of esters is 1. The number of rotatable bonds is 8. The Balaban J connectivity index is 1.21. The van der Waals surface area contributed by atoms with Gasteiger partial charge in [-0.1, -0.05) is 42.5 Å². The number of carbonyl (C=O) groups excluding carboxylic acids is 1. The highest BCUT2D eigenvalue weighted by atomic mass is 19.1. The Morgan fingerprint density at radius 1 is 1.00 bits per heavy atom. The van der Waals surface area contributed by atoms with Crippen LogP contribution in [0.1, 0.15) is 40.4 Å². The van der Waals surface area contributed by atoms with E-state index >= 15 is 0 Å². The Morgan fingerprint density at radius 2 is 1.76 bits per heavy atom. The van der Waals surface area contributed by atoms with Gasteiger partial charge in [-0.05, 0) is 66.9 Å². The molecular formula is C35H29F2N5O3. The molecule has 1 saturated heterocycles. The number of carbonyl (C=O) groups is 1. The van der Waals surface area contributed by atoms with Gasteiger partial charge in [-0.3, -0.25) is 0 Å². The van der Waals surface area contributed by atoms with E-state index in [4.69, 9.17) is 20.3 Å². The first-order valence-corrected chi connectivity index (χ1v) is 14.5. The van der Waals surface area contributed by atoms with Crippen molar-refractivity contribution in [2.75, 3.05) is 23.7 Å². The van der Waals surface area contributed by atoms with Gasteiger partial charge >= 0.3 is 5.97 Å². The normalized spacial score (nSPS) is 14.5. The highest BCUT2D eigenvalue weighted by Gasteiger charge is 2.29. The molecule has 10 heteroatoms. The number of benzene rings is 4. The molecule has 0 amide bonds. The van der Waals surface area contributed by atoms with E-state index in [0.29, 0.717) is 23.4 Å². The summed E-state index contributed by atoms with van der Waals surface area (Å²) in [5.41, 5.74) is 9.88. The van der Waals surface area contributed by atoms with E-state index in [1.165, 1.54) is 0 Å². The Morgan fingerprint density at radius 3 is 2.53 bits per heavy atom. The Hall–Kier alpha value is -5.69. The van der Waals surface area contributed by atoms with Gasteiger partial charge in [0.05, 0.1) is 17.3 Å². The molecule has 0 bridgehead atoms. The lowest BCUT2D eigenvalue weighted by molar-refractivity contribution is 0.0473. The second kappa shape index (κ2) is 12.9. The van der Waals surface area contributed by atoms with E-state index < -0.39 is 17.6 Å². The number of halogens is 2. The van der Waals surface area contributed by atoms with Crippen LogP contribution in [0.5, 0.6) is 11.5 Å². The van der Waals surface area contributed by atoms with Gasteiger partial charge in [-0.15, -0.1) is 0 Å². The predicted octanol–water partition coefficient (Wildman–Crippen LogP) is 7.27. The van der Waals surface area contributed by atoms with E-state index in [-0.39, 0.29) is 35.5 Å². The SMILES string of the molecule is N#Cc1c(-c2ccc(Oc3cc(F)ccc3F)cc2)nn(C2CCCN(c3ccccc3C(=O)OCc3ccccc3)C2)c1N. The molecule has 4 aromatic carbocycles. The number of aromatic nitrogens is 2. The zero-order valence-corrected chi connectivity index (χ0v) is 24.2. The van der Waals surface area contributed by atoms with Crippen molar-refractivity contribution in [3.05, 3.63) is 125 Å². The molecule has 2 heterocycles. The maximum absolute atomic E-state index is 14.0. The number of ether oxygens (including phenoxy) is 2.